The number of rotatable bonds is 5. The Bertz CT molecular complexity index is 1030. The number of hydrogen-bond donors (Lipinski definition) is 2. The summed E-state index contributed by atoms with van der Waals surface area (Å²) in [6.07, 6.45) is 0. The van der Waals surface area contributed by atoms with Gasteiger partial charge >= 0.3 is 0 Å². The zero-order valence-corrected chi connectivity index (χ0v) is 15.6. The molecule has 0 bridgehead atoms. The fourth-order valence-corrected chi connectivity index (χ4v) is 2.92. The van der Waals surface area contributed by atoms with E-state index in [4.69, 9.17) is 17.3 Å². The maximum absolute atomic E-state index is 6.21. The van der Waals surface area contributed by atoms with Crippen LogP contribution in [0.5, 0.6) is 0 Å². The van der Waals surface area contributed by atoms with Crippen LogP contribution < -0.4 is 16.0 Å². The highest BCUT2D eigenvalue weighted by molar-refractivity contribution is 6.28. The quantitative estimate of drug-likeness (QED) is 0.450. The molecule has 0 aliphatic heterocycles. The van der Waals surface area contributed by atoms with E-state index < -0.39 is 0 Å². The molecule has 3 N–H and O–H groups in total. The molecule has 138 valence electrons. The summed E-state index contributed by atoms with van der Waals surface area (Å²) >= 11 is 6.21. The largest absolute Gasteiger partial charge is 0.397 e. The average Bonchev–Trinajstić information content (AvgIpc) is 2.71. The predicted octanol–water partition coefficient (Wildman–Crippen LogP) is 5.32. The first-order chi connectivity index (χ1) is 13.7. The van der Waals surface area contributed by atoms with Crippen molar-refractivity contribution in [2.24, 2.45) is 0 Å². The summed E-state index contributed by atoms with van der Waals surface area (Å²) in [5.41, 5.74) is 9.10. The molecule has 0 amide bonds. The molecule has 28 heavy (non-hydrogen) atoms. The molecule has 0 atom stereocenters. The van der Waals surface area contributed by atoms with Crippen molar-refractivity contribution in [3.8, 4) is 0 Å². The lowest BCUT2D eigenvalue weighted by Crippen LogP contribution is -2.15. The van der Waals surface area contributed by atoms with Gasteiger partial charge in [-0.05, 0) is 48.0 Å². The first-order valence-electron chi connectivity index (χ1n) is 8.64. The van der Waals surface area contributed by atoms with Gasteiger partial charge in [0, 0.05) is 11.4 Å². The fourth-order valence-electron chi connectivity index (χ4n) is 2.76. The first kappa shape index (κ1) is 17.8. The van der Waals surface area contributed by atoms with Crippen LogP contribution in [0.2, 0.25) is 5.28 Å². The predicted molar refractivity (Wildman–Crippen MR) is 114 cm³/mol. The highest BCUT2D eigenvalue weighted by Gasteiger charge is 2.17. The van der Waals surface area contributed by atoms with Crippen molar-refractivity contribution < 1.29 is 0 Å². The van der Waals surface area contributed by atoms with Crippen LogP contribution in [0, 0.1) is 0 Å². The Labute approximate surface area is 167 Å². The van der Waals surface area contributed by atoms with Gasteiger partial charge in [0.25, 0.3) is 0 Å². The molecule has 0 unspecified atom stereocenters. The number of hydrogen-bond acceptors (Lipinski definition) is 6. The lowest BCUT2D eigenvalue weighted by Gasteiger charge is -2.23. The fraction of sp³-hybridized carbons (Fsp3) is 0. The number of benzene rings is 3. The third-order valence-electron chi connectivity index (χ3n) is 4.03. The number of nitrogens with one attached hydrogen (secondary N) is 1. The second-order valence-electron chi connectivity index (χ2n) is 5.95. The molecule has 0 saturated carbocycles. The molecule has 0 spiro atoms. The summed E-state index contributed by atoms with van der Waals surface area (Å²) < 4.78 is 0. The van der Waals surface area contributed by atoms with E-state index in [9.17, 15) is 0 Å². The monoisotopic (exact) mass is 388 g/mol. The lowest BCUT2D eigenvalue weighted by molar-refractivity contribution is 1.01. The molecule has 0 saturated heterocycles. The molecule has 0 fully saturated rings. The van der Waals surface area contributed by atoms with Crippen molar-refractivity contribution in [1.29, 1.82) is 0 Å². The molecule has 0 aliphatic carbocycles. The molecule has 3 aromatic carbocycles. The van der Waals surface area contributed by atoms with Crippen LogP contribution in [0.15, 0.2) is 84.9 Å². The van der Waals surface area contributed by atoms with Crippen molar-refractivity contribution in [2.45, 2.75) is 0 Å². The molecule has 7 heteroatoms. The van der Waals surface area contributed by atoms with E-state index in [2.05, 4.69) is 20.3 Å². The van der Waals surface area contributed by atoms with E-state index in [0.29, 0.717) is 23.3 Å². The summed E-state index contributed by atoms with van der Waals surface area (Å²) in [7, 11) is 0. The molecule has 6 nitrogen and oxygen atoms in total. The molecular weight excluding hydrogens is 372 g/mol. The van der Waals surface area contributed by atoms with Gasteiger partial charge in [0.1, 0.15) is 0 Å². The third kappa shape index (κ3) is 3.87. The summed E-state index contributed by atoms with van der Waals surface area (Å²) in [4.78, 5) is 15.0. The average molecular weight is 389 g/mol. The van der Waals surface area contributed by atoms with E-state index in [1.54, 1.807) is 6.07 Å². The van der Waals surface area contributed by atoms with E-state index >= 15 is 0 Å². The third-order valence-corrected chi connectivity index (χ3v) is 4.20. The van der Waals surface area contributed by atoms with Gasteiger partial charge in [0.05, 0.1) is 11.4 Å². The second kappa shape index (κ2) is 7.94. The van der Waals surface area contributed by atoms with Crippen molar-refractivity contribution in [1.82, 2.24) is 15.0 Å². The van der Waals surface area contributed by atoms with Crippen LogP contribution in [-0.4, -0.2) is 15.0 Å². The van der Waals surface area contributed by atoms with Crippen LogP contribution >= 0.6 is 11.6 Å². The van der Waals surface area contributed by atoms with Crippen LogP contribution in [0.3, 0.4) is 0 Å². The zero-order valence-electron chi connectivity index (χ0n) is 14.8. The van der Waals surface area contributed by atoms with Gasteiger partial charge in [-0.3, -0.25) is 4.90 Å². The van der Waals surface area contributed by atoms with Crippen molar-refractivity contribution in [2.75, 3.05) is 16.0 Å². The molecule has 0 aliphatic rings. The van der Waals surface area contributed by atoms with Gasteiger partial charge in [-0.15, -0.1) is 0 Å². The Morgan fingerprint density at radius 3 is 1.89 bits per heavy atom. The van der Waals surface area contributed by atoms with Gasteiger partial charge in [0.2, 0.25) is 17.2 Å². The highest BCUT2D eigenvalue weighted by Crippen LogP contribution is 2.33. The Kier molecular flexibility index (Phi) is 5.03. The van der Waals surface area contributed by atoms with Crippen molar-refractivity contribution >= 4 is 46.2 Å². The summed E-state index contributed by atoms with van der Waals surface area (Å²) in [5, 5.41) is 3.20. The van der Waals surface area contributed by atoms with Crippen LogP contribution in [-0.2, 0) is 0 Å². The van der Waals surface area contributed by atoms with Crippen molar-refractivity contribution in [3.05, 3.63) is 90.2 Å². The number of nitrogens with two attached hydrogens (primary N) is 1. The Morgan fingerprint density at radius 1 is 0.714 bits per heavy atom. The minimum atomic E-state index is 0.0823. The Balaban J connectivity index is 1.79. The number of nitrogens with zero attached hydrogens (tertiary/aromatic N) is 4. The molecule has 1 heterocycles. The SMILES string of the molecule is Nc1ccccc1Nc1nc(Cl)nc(N(c2ccccc2)c2ccccc2)n1. The zero-order chi connectivity index (χ0) is 19.3. The van der Waals surface area contributed by atoms with Gasteiger partial charge in [-0.1, -0.05) is 48.5 Å². The topological polar surface area (TPSA) is 80.0 Å². The van der Waals surface area contributed by atoms with Gasteiger partial charge in [-0.25, -0.2) is 0 Å². The van der Waals surface area contributed by atoms with Gasteiger partial charge in [-0.2, -0.15) is 15.0 Å². The smallest absolute Gasteiger partial charge is 0.240 e. The summed E-state index contributed by atoms with van der Waals surface area (Å²) in [6.45, 7) is 0. The summed E-state index contributed by atoms with van der Waals surface area (Å²) in [5.74, 6) is 0.708. The maximum Gasteiger partial charge on any atom is 0.240 e. The second-order valence-corrected chi connectivity index (χ2v) is 6.28. The normalized spacial score (nSPS) is 10.5. The van der Waals surface area contributed by atoms with E-state index in [1.165, 1.54) is 0 Å². The number of halogens is 1. The first-order valence-corrected chi connectivity index (χ1v) is 9.02. The number of anilines is 6. The number of aromatic nitrogens is 3. The molecule has 4 rings (SSSR count). The lowest BCUT2D eigenvalue weighted by atomic mass is 10.2. The minimum absolute atomic E-state index is 0.0823. The van der Waals surface area contributed by atoms with E-state index in [0.717, 1.165) is 11.4 Å². The molecular formula is C21H17ClN6. The van der Waals surface area contributed by atoms with Crippen LogP contribution in [0.1, 0.15) is 0 Å². The van der Waals surface area contributed by atoms with E-state index in [-0.39, 0.29) is 5.28 Å². The molecule has 1 aromatic heterocycles. The molecule has 0 radical (unpaired) electrons. The Morgan fingerprint density at radius 2 is 1.29 bits per heavy atom. The van der Waals surface area contributed by atoms with Crippen LogP contribution in [0.4, 0.5) is 34.6 Å². The Hall–Kier alpha value is -3.64. The minimum Gasteiger partial charge on any atom is -0.397 e. The van der Waals surface area contributed by atoms with Crippen molar-refractivity contribution in [3.63, 3.8) is 0 Å². The van der Waals surface area contributed by atoms with Gasteiger partial charge < -0.3 is 11.1 Å². The van der Waals surface area contributed by atoms with Crippen LogP contribution in [0.25, 0.3) is 0 Å². The number of para-hydroxylation sites is 4. The number of nitrogen functional groups attached to an aromatic ring is 1. The maximum atomic E-state index is 6.21. The molecule has 4 aromatic rings. The summed E-state index contributed by atoms with van der Waals surface area (Å²) in [6, 6.07) is 27.0. The van der Waals surface area contributed by atoms with Gasteiger partial charge in [0.15, 0.2) is 0 Å². The van der Waals surface area contributed by atoms with E-state index in [1.807, 2.05) is 83.8 Å². The highest BCUT2D eigenvalue weighted by atomic mass is 35.5. The standard InChI is InChI=1S/C21H17ClN6/c22-19-25-20(24-18-14-8-7-13-17(18)23)27-21(26-19)28(15-9-3-1-4-10-15)16-11-5-2-6-12-16/h1-14H,23H2,(H,24,25,26,27).